The van der Waals surface area contributed by atoms with Crippen LogP contribution in [0.4, 0.5) is 4.39 Å². The summed E-state index contributed by atoms with van der Waals surface area (Å²) in [5, 5.41) is 11.7. The first-order valence-corrected chi connectivity index (χ1v) is 6.40. The van der Waals surface area contributed by atoms with Crippen LogP contribution in [0.15, 0.2) is 18.2 Å². The van der Waals surface area contributed by atoms with Crippen LogP contribution < -0.4 is 5.32 Å². The van der Waals surface area contributed by atoms with Gasteiger partial charge in [0, 0.05) is 17.4 Å². The molecule has 2 rings (SSSR count). The van der Waals surface area contributed by atoms with Crippen LogP contribution in [0.5, 0.6) is 5.75 Å². The third-order valence-corrected chi connectivity index (χ3v) is 3.86. The number of rotatable bonds is 4. The second-order valence-corrected chi connectivity index (χ2v) is 5.40. The Bertz CT molecular complexity index is 435. The molecule has 1 atom stereocenters. The monoisotopic (exact) mass is 301 g/mol. The molecule has 0 saturated heterocycles. The van der Waals surface area contributed by atoms with Gasteiger partial charge in [-0.15, -0.1) is 0 Å². The van der Waals surface area contributed by atoms with Crippen LogP contribution in [-0.4, -0.2) is 22.4 Å². The van der Waals surface area contributed by atoms with Crippen molar-refractivity contribution in [1.29, 1.82) is 0 Å². The molecule has 1 aromatic rings. The molecule has 0 bridgehead atoms. The summed E-state index contributed by atoms with van der Waals surface area (Å²) in [5.74, 6) is -0.719. The van der Waals surface area contributed by atoms with Gasteiger partial charge in [-0.25, -0.2) is 4.39 Å². The molecule has 0 radical (unpaired) electrons. The van der Waals surface area contributed by atoms with Gasteiger partial charge in [0.15, 0.2) is 0 Å². The van der Waals surface area contributed by atoms with Crippen LogP contribution in [0, 0.1) is 11.7 Å². The van der Waals surface area contributed by atoms with Gasteiger partial charge in [0.1, 0.15) is 11.6 Å². The van der Waals surface area contributed by atoms with Gasteiger partial charge in [0.25, 0.3) is 5.91 Å². The Morgan fingerprint density at radius 3 is 2.88 bits per heavy atom. The summed E-state index contributed by atoms with van der Waals surface area (Å²) in [4.78, 5) is 11.9. The summed E-state index contributed by atoms with van der Waals surface area (Å²) < 4.78 is 13.4. The van der Waals surface area contributed by atoms with E-state index in [1.54, 1.807) is 0 Å². The molecule has 0 heterocycles. The topological polar surface area (TPSA) is 49.3 Å². The van der Waals surface area contributed by atoms with Gasteiger partial charge in [-0.1, -0.05) is 15.9 Å². The minimum Gasteiger partial charge on any atom is -0.508 e. The van der Waals surface area contributed by atoms with Crippen molar-refractivity contribution < 1.29 is 14.3 Å². The zero-order valence-electron chi connectivity index (χ0n) is 9.12. The SMILES string of the molecule is O=C(NCC(Br)C1CC1)c1ccc(O)cc1F. The molecule has 0 aliphatic heterocycles. The van der Waals surface area contributed by atoms with E-state index < -0.39 is 11.7 Å². The van der Waals surface area contributed by atoms with E-state index in [-0.39, 0.29) is 16.1 Å². The maximum absolute atomic E-state index is 13.4. The van der Waals surface area contributed by atoms with Crippen LogP contribution >= 0.6 is 15.9 Å². The molecule has 1 aliphatic carbocycles. The molecule has 1 aliphatic rings. The Morgan fingerprint density at radius 2 is 2.29 bits per heavy atom. The molecule has 92 valence electrons. The Hall–Kier alpha value is -1.10. The lowest BCUT2D eigenvalue weighted by Crippen LogP contribution is -2.30. The number of alkyl halides is 1. The fourth-order valence-electron chi connectivity index (χ4n) is 1.60. The highest BCUT2D eigenvalue weighted by atomic mass is 79.9. The van der Waals surface area contributed by atoms with Crippen LogP contribution in [0.3, 0.4) is 0 Å². The van der Waals surface area contributed by atoms with Crippen molar-refractivity contribution in [2.24, 2.45) is 5.92 Å². The van der Waals surface area contributed by atoms with Crippen molar-refractivity contribution in [3.05, 3.63) is 29.6 Å². The normalized spacial score (nSPS) is 16.6. The standard InChI is InChI=1S/C12H13BrFNO2/c13-10(7-1-2-7)6-15-12(17)9-4-3-8(16)5-11(9)14/h3-5,7,10,16H,1-2,6H2,(H,15,17). The maximum Gasteiger partial charge on any atom is 0.254 e. The summed E-state index contributed by atoms with van der Waals surface area (Å²) in [6, 6.07) is 3.51. The quantitative estimate of drug-likeness (QED) is 0.839. The van der Waals surface area contributed by atoms with Crippen molar-refractivity contribution in [3.8, 4) is 5.75 Å². The van der Waals surface area contributed by atoms with Gasteiger partial charge >= 0.3 is 0 Å². The lowest BCUT2D eigenvalue weighted by Gasteiger charge is -2.10. The molecule has 0 aromatic heterocycles. The zero-order chi connectivity index (χ0) is 12.4. The fourth-order valence-corrected chi connectivity index (χ4v) is 2.29. The summed E-state index contributed by atoms with van der Waals surface area (Å²) in [6.07, 6.45) is 2.36. The van der Waals surface area contributed by atoms with E-state index in [1.165, 1.54) is 25.0 Å². The van der Waals surface area contributed by atoms with Crippen molar-refractivity contribution in [2.45, 2.75) is 17.7 Å². The van der Waals surface area contributed by atoms with Crippen molar-refractivity contribution in [3.63, 3.8) is 0 Å². The van der Waals surface area contributed by atoms with Crippen molar-refractivity contribution in [1.82, 2.24) is 5.32 Å². The smallest absolute Gasteiger partial charge is 0.254 e. The molecule has 0 spiro atoms. The van der Waals surface area contributed by atoms with E-state index in [1.807, 2.05) is 0 Å². The number of nitrogens with one attached hydrogen (secondary N) is 1. The van der Waals surface area contributed by atoms with E-state index in [0.29, 0.717) is 12.5 Å². The average molecular weight is 302 g/mol. The van der Waals surface area contributed by atoms with Gasteiger partial charge < -0.3 is 10.4 Å². The highest BCUT2D eigenvalue weighted by molar-refractivity contribution is 9.09. The first kappa shape index (κ1) is 12.4. The number of halogens is 2. The van der Waals surface area contributed by atoms with Crippen LogP contribution in [-0.2, 0) is 0 Å². The Kier molecular flexibility index (Phi) is 3.66. The number of phenols is 1. The summed E-state index contributed by atoms with van der Waals surface area (Å²) in [5.41, 5.74) is -0.0432. The third kappa shape index (κ3) is 3.19. The first-order valence-electron chi connectivity index (χ1n) is 5.48. The number of amides is 1. The van der Waals surface area contributed by atoms with E-state index in [9.17, 15) is 9.18 Å². The number of aromatic hydroxyl groups is 1. The summed E-state index contributed by atoms with van der Waals surface area (Å²) in [7, 11) is 0. The molecule has 2 N–H and O–H groups in total. The average Bonchev–Trinajstić information content (AvgIpc) is 3.09. The number of phenolic OH excluding ortho intramolecular Hbond substituents is 1. The highest BCUT2D eigenvalue weighted by Gasteiger charge is 2.29. The minimum absolute atomic E-state index is 0.0432. The van der Waals surface area contributed by atoms with E-state index >= 15 is 0 Å². The summed E-state index contributed by atoms with van der Waals surface area (Å²) >= 11 is 3.49. The van der Waals surface area contributed by atoms with Gasteiger partial charge in [0.05, 0.1) is 5.56 Å². The highest BCUT2D eigenvalue weighted by Crippen LogP contribution is 2.36. The van der Waals surface area contributed by atoms with Crippen LogP contribution in [0.2, 0.25) is 0 Å². The molecule has 17 heavy (non-hydrogen) atoms. The molecule has 1 fully saturated rings. The second-order valence-electron chi connectivity index (χ2n) is 4.23. The van der Waals surface area contributed by atoms with Crippen molar-refractivity contribution >= 4 is 21.8 Å². The number of hydrogen-bond acceptors (Lipinski definition) is 2. The summed E-state index contributed by atoms with van der Waals surface area (Å²) in [6.45, 7) is 0.490. The maximum atomic E-state index is 13.4. The molecule has 3 nitrogen and oxygen atoms in total. The molecule has 1 unspecified atom stereocenters. The Balaban J connectivity index is 1.94. The van der Waals surface area contributed by atoms with Crippen LogP contribution in [0.25, 0.3) is 0 Å². The first-order chi connectivity index (χ1) is 8.08. The molecule has 5 heteroatoms. The Labute approximate surface area is 107 Å². The predicted octanol–water partition coefficient (Wildman–Crippen LogP) is 2.43. The van der Waals surface area contributed by atoms with Gasteiger partial charge in [-0.05, 0) is 30.9 Å². The zero-order valence-corrected chi connectivity index (χ0v) is 10.7. The largest absolute Gasteiger partial charge is 0.508 e. The van der Waals surface area contributed by atoms with Gasteiger partial charge in [-0.2, -0.15) is 0 Å². The second kappa shape index (κ2) is 5.04. The molecular formula is C12H13BrFNO2. The molecular weight excluding hydrogens is 289 g/mol. The predicted molar refractivity (Wildman–Crippen MR) is 65.8 cm³/mol. The number of carbonyl (C=O) groups excluding carboxylic acids is 1. The number of benzene rings is 1. The lowest BCUT2D eigenvalue weighted by atomic mass is 10.2. The van der Waals surface area contributed by atoms with Crippen LogP contribution in [0.1, 0.15) is 23.2 Å². The number of hydrogen-bond donors (Lipinski definition) is 2. The van der Waals surface area contributed by atoms with Crippen molar-refractivity contribution in [2.75, 3.05) is 6.54 Å². The van der Waals surface area contributed by atoms with E-state index in [2.05, 4.69) is 21.2 Å². The lowest BCUT2D eigenvalue weighted by molar-refractivity contribution is 0.0949. The molecule has 1 amide bonds. The minimum atomic E-state index is -0.708. The fraction of sp³-hybridized carbons (Fsp3) is 0.417. The molecule has 1 saturated carbocycles. The van der Waals surface area contributed by atoms with Gasteiger partial charge in [0.2, 0.25) is 0 Å². The Morgan fingerprint density at radius 1 is 1.59 bits per heavy atom. The van der Waals surface area contributed by atoms with Gasteiger partial charge in [-0.3, -0.25) is 4.79 Å². The van der Waals surface area contributed by atoms with E-state index in [0.717, 1.165) is 6.07 Å². The molecule has 1 aromatic carbocycles. The number of carbonyl (C=O) groups is 1. The third-order valence-electron chi connectivity index (χ3n) is 2.79. The van der Waals surface area contributed by atoms with E-state index in [4.69, 9.17) is 5.11 Å².